The van der Waals surface area contributed by atoms with Crippen LogP contribution in [0.4, 0.5) is 0 Å². The first-order valence-corrected chi connectivity index (χ1v) is 3.19. The predicted octanol–water partition coefficient (Wildman–Crippen LogP) is 1.92. The Morgan fingerprint density at radius 3 is 2.75 bits per heavy atom. The van der Waals surface area contributed by atoms with Crippen molar-refractivity contribution >= 4 is 0 Å². The number of rotatable bonds is 4. The van der Waals surface area contributed by atoms with Gasteiger partial charge < -0.3 is 0 Å². The molecule has 1 nitrogen and oxygen atoms in total. The second-order valence-electron chi connectivity index (χ2n) is 1.74. The molecule has 0 fully saturated rings. The van der Waals surface area contributed by atoms with Gasteiger partial charge in [-0.25, -0.2) is 0 Å². The fourth-order valence-electron chi connectivity index (χ4n) is 0.429. The van der Waals surface area contributed by atoms with Crippen LogP contribution in [0.3, 0.4) is 0 Å². The molecule has 0 aliphatic heterocycles. The Hall–Kier alpha value is -0.460. The third-order valence-corrected chi connectivity index (χ3v) is 0.895. The van der Waals surface area contributed by atoms with Crippen LogP contribution in [0.15, 0.2) is 12.3 Å². The molecule has 0 amide bonds. The van der Waals surface area contributed by atoms with E-state index in [1.54, 1.807) is 0 Å². The van der Waals surface area contributed by atoms with Gasteiger partial charge in [-0.1, -0.05) is 19.4 Å². The zero-order chi connectivity index (χ0) is 6.24. The van der Waals surface area contributed by atoms with Gasteiger partial charge in [0, 0.05) is 12.7 Å². The molecule has 0 aromatic rings. The minimum Gasteiger partial charge on any atom is -0.294 e. The first-order chi connectivity index (χ1) is 3.91. The molecule has 0 spiro atoms. The molecule has 47 valence electrons. The van der Waals surface area contributed by atoms with Gasteiger partial charge in [0.2, 0.25) is 0 Å². The van der Waals surface area contributed by atoms with Crippen molar-refractivity contribution in [2.75, 3.05) is 6.54 Å². The smallest absolute Gasteiger partial charge is 0.0389 e. The molecule has 0 saturated heterocycles. The van der Waals surface area contributed by atoms with E-state index in [1.807, 2.05) is 19.2 Å². The normalized spacial score (nSPS) is 10.2. The van der Waals surface area contributed by atoms with Gasteiger partial charge in [0.05, 0.1) is 0 Å². The van der Waals surface area contributed by atoms with Gasteiger partial charge in [0.1, 0.15) is 0 Å². The van der Waals surface area contributed by atoms with Crippen molar-refractivity contribution in [3.05, 3.63) is 12.3 Å². The summed E-state index contributed by atoms with van der Waals surface area (Å²) in [6.07, 6.45) is 6.26. The molecule has 0 aromatic heterocycles. The van der Waals surface area contributed by atoms with E-state index in [-0.39, 0.29) is 0 Å². The Balaban J connectivity index is 2.72. The number of hydrogen-bond donors (Lipinski definition) is 0. The van der Waals surface area contributed by atoms with E-state index in [2.05, 4.69) is 12.2 Å². The lowest BCUT2D eigenvalue weighted by molar-refractivity contribution is 0.726. The summed E-state index contributed by atoms with van der Waals surface area (Å²) in [5.41, 5.74) is 0. The number of unbranched alkanes of at least 4 members (excludes halogenated alkanes) is 1. The Morgan fingerprint density at radius 2 is 2.25 bits per heavy atom. The second-order valence-corrected chi connectivity index (χ2v) is 1.74. The second kappa shape index (κ2) is 6.54. The zero-order valence-electron chi connectivity index (χ0n) is 5.72. The average molecular weight is 112 g/mol. The Labute approximate surface area is 51.8 Å². The summed E-state index contributed by atoms with van der Waals surface area (Å²) >= 11 is 0. The highest BCUT2D eigenvalue weighted by molar-refractivity contribution is 4.72. The standard InChI is InChI=1S/C7H14N/c1-3-5-7-8-6-4-2/h4,6H,3,5,7H2,1-2H3. The maximum absolute atomic E-state index is 4.10. The summed E-state index contributed by atoms with van der Waals surface area (Å²) in [6.45, 7) is 5.14. The molecule has 0 saturated carbocycles. The van der Waals surface area contributed by atoms with Gasteiger partial charge >= 0.3 is 0 Å². The van der Waals surface area contributed by atoms with Gasteiger partial charge in [-0.05, 0) is 13.3 Å². The number of allylic oxidation sites excluding steroid dienone is 1. The lowest BCUT2D eigenvalue weighted by Gasteiger charge is -1.90. The largest absolute Gasteiger partial charge is 0.294 e. The molecule has 0 unspecified atom stereocenters. The first kappa shape index (κ1) is 7.54. The van der Waals surface area contributed by atoms with Gasteiger partial charge in [-0.15, -0.1) is 0 Å². The average Bonchev–Trinajstić information content (AvgIpc) is 1.81. The fraction of sp³-hybridized carbons (Fsp3) is 0.714. The van der Waals surface area contributed by atoms with Crippen molar-refractivity contribution in [3.8, 4) is 0 Å². The van der Waals surface area contributed by atoms with Gasteiger partial charge in [-0.3, -0.25) is 5.32 Å². The lowest BCUT2D eigenvalue weighted by Crippen LogP contribution is -1.96. The van der Waals surface area contributed by atoms with Crippen LogP contribution < -0.4 is 5.32 Å². The summed E-state index contributed by atoms with van der Waals surface area (Å²) in [7, 11) is 0. The molecule has 0 aliphatic carbocycles. The van der Waals surface area contributed by atoms with E-state index in [4.69, 9.17) is 0 Å². The van der Waals surface area contributed by atoms with E-state index < -0.39 is 0 Å². The fourth-order valence-corrected chi connectivity index (χ4v) is 0.429. The van der Waals surface area contributed by atoms with Crippen LogP contribution in [-0.2, 0) is 0 Å². The molecule has 0 bridgehead atoms. The monoisotopic (exact) mass is 112 g/mol. The molecule has 0 heterocycles. The molecule has 1 heteroatoms. The molecule has 0 rings (SSSR count). The van der Waals surface area contributed by atoms with E-state index >= 15 is 0 Å². The Morgan fingerprint density at radius 1 is 1.50 bits per heavy atom. The van der Waals surface area contributed by atoms with Crippen LogP contribution in [-0.4, -0.2) is 6.54 Å². The van der Waals surface area contributed by atoms with Crippen molar-refractivity contribution in [2.24, 2.45) is 0 Å². The van der Waals surface area contributed by atoms with Crippen molar-refractivity contribution in [1.82, 2.24) is 5.32 Å². The molecule has 8 heavy (non-hydrogen) atoms. The molecule has 0 N–H and O–H groups in total. The molecule has 1 radical (unpaired) electrons. The van der Waals surface area contributed by atoms with Gasteiger partial charge in [0.25, 0.3) is 0 Å². The summed E-state index contributed by atoms with van der Waals surface area (Å²) < 4.78 is 0. The van der Waals surface area contributed by atoms with Crippen LogP contribution >= 0.6 is 0 Å². The van der Waals surface area contributed by atoms with E-state index in [0.717, 1.165) is 6.54 Å². The van der Waals surface area contributed by atoms with Crippen molar-refractivity contribution in [2.45, 2.75) is 26.7 Å². The summed E-state index contributed by atoms with van der Waals surface area (Å²) in [5, 5.41) is 4.10. The van der Waals surface area contributed by atoms with E-state index in [0.29, 0.717) is 0 Å². The van der Waals surface area contributed by atoms with E-state index in [9.17, 15) is 0 Å². The van der Waals surface area contributed by atoms with Crippen LogP contribution in [0.25, 0.3) is 0 Å². The molecule has 0 aliphatic rings. The van der Waals surface area contributed by atoms with Crippen LogP contribution in [0, 0.1) is 0 Å². The third kappa shape index (κ3) is 5.54. The topological polar surface area (TPSA) is 14.1 Å². The number of hydrogen-bond acceptors (Lipinski definition) is 0. The van der Waals surface area contributed by atoms with Gasteiger partial charge in [-0.2, -0.15) is 0 Å². The first-order valence-electron chi connectivity index (χ1n) is 3.19. The SMILES string of the molecule is CC=C[N]CCCC. The summed E-state index contributed by atoms with van der Waals surface area (Å²) in [5.74, 6) is 0. The molecular weight excluding hydrogens is 98.1 g/mol. The zero-order valence-corrected chi connectivity index (χ0v) is 5.72. The highest BCUT2D eigenvalue weighted by Gasteiger charge is 1.77. The predicted molar refractivity (Wildman–Crippen MR) is 36.7 cm³/mol. The maximum atomic E-state index is 4.10. The van der Waals surface area contributed by atoms with Crippen LogP contribution in [0.1, 0.15) is 26.7 Å². The Kier molecular flexibility index (Phi) is 6.16. The van der Waals surface area contributed by atoms with Crippen molar-refractivity contribution in [1.29, 1.82) is 0 Å². The highest BCUT2D eigenvalue weighted by Crippen LogP contribution is 1.82. The molecule has 0 aromatic carbocycles. The van der Waals surface area contributed by atoms with E-state index in [1.165, 1.54) is 12.8 Å². The minimum atomic E-state index is 0.987. The van der Waals surface area contributed by atoms with Crippen LogP contribution in [0.5, 0.6) is 0 Å². The van der Waals surface area contributed by atoms with Crippen LogP contribution in [0.2, 0.25) is 0 Å². The number of nitrogens with zero attached hydrogens (tertiary/aromatic N) is 1. The molecular formula is C7H14N. The lowest BCUT2D eigenvalue weighted by atomic mass is 10.3. The quantitative estimate of drug-likeness (QED) is 0.493. The maximum Gasteiger partial charge on any atom is 0.0389 e. The third-order valence-electron chi connectivity index (χ3n) is 0.895. The Bertz CT molecular complexity index is 57.4. The van der Waals surface area contributed by atoms with Gasteiger partial charge in [0.15, 0.2) is 0 Å². The summed E-state index contributed by atoms with van der Waals surface area (Å²) in [6, 6.07) is 0. The molecule has 0 atom stereocenters. The van der Waals surface area contributed by atoms with Crippen molar-refractivity contribution in [3.63, 3.8) is 0 Å². The highest BCUT2D eigenvalue weighted by atomic mass is 14.8. The minimum absolute atomic E-state index is 0.987. The van der Waals surface area contributed by atoms with Crippen molar-refractivity contribution < 1.29 is 0 Å². The summed E-state index contributed by atoms with van der Waals surface area (Å²) in [4.78, 5) is 0.